The van der Waals surface area contributed by atoms with Crippen molar-refractivity contribution in [1.82, 2.24) is 14.4 Å². The number of aliphatic hydroxyl groups excluding tert-OH is 2. The van der Waals surface area contributed by atoms with E-state index in [0.717, 1.165) is 48.7 Å². The van der Waals surface area contributed by atoms with Gasteiger partial charge >= 0.3 is 11.9 Å². The van der Waals surface area contributed by atoms with Crippen LogP contribution in [0.3, 0.4) is 0 Å². The van der Waals surface area contributed by atoms with Crippen molar-refractivity contribution < 1.29 is 43.6 Å². The largest absolute Gasteiger partial charge is 0.479 e. The number of carbonyl (C=O) groups is 3. The van der Waals surface area contributed by atoms with Crippen molar-refractivity contribution in [2.75, 3.05) is 13.1 Å². The summed E-state index contributed by atoms with van der Waals surface area (Å²) in [6.45, 7) is 6.69. The highest BCUT2D eigenvalue weighted by Gasteiger charge is 2.30. The van der Waals surface area contributed by atoms with Gasteiger partial charge in [-0.2, -0.15) is 0 Å². The number of halogens is 3. The molecule has 4 aromatic carbocycles. The summed E-state index contributed by atoms with van der Waals surface area (Å²) in [6.07, 6.45) is -2.35. The summed E-state index contributed by atoms with van der Waals surface area (Å²) in [4.78, 5) is 51.7. The number of carboxylic acid groups (broad SMARTS) is 2. The number of aryl methyl sites for hydroxylation is 2. The van der Waals surface area contributed by atoms with E-state index in [1.165, 1.54) is 12.1 Å². The van der Waals surface area contributed by atoms with Gasteiger partial charge in [0, 0.05) is 53.9 Å². The smallest absolute Gasteiger partial charge is 0.335 e. The van der Waals surface area contributed by atoms with Crippen LogP contribution in [0, 0.1) is 11.6 Å². The molecule has 4 N–H and O–H groups in total. The Morgan fingerprint density at radius 2 is 1.40 bits per heavy atom. The van der Waals surface area contributed by atoms with Crippen LogP contribution >= 0.6 is 11.6 Å². The first kappa shape index (κ1) is 43.6. The molecular formula is C44H46ClF2N3O8. The molecule has 5 aromatic rings. The summed E-state index contributed by atoms with van der Waals surface area (Å²) in [5.41, 5.74) is 4.48. The highest BCUT2D eigenvalue weighted by atomic mass is 35.5. The van der Waals surface area contributed by atoms with Crippen LogP contribution in [0.15, 0.2) is 102 Å². The molecule has 2 atom stereocenters. The molecule has 1 amide bonds. The molecule has 1 aliphatic heterocycles. The average Bonchev–Trinajstić information content (AvgIpc) is 3.21. The Kier molecular flexibility index (Phi) is 14.9. The van der Waals surface area contributed by atoms with Gasteiger partial charge in [-0.1, -0.05) is 72.3 Å². The summed E-state index contributed by atoms with van der Waals surface area (Å²) in [6, 6.07) is 29.4. The molecule has 0 bridgehead atoms. The summed E-state index contributed by atoms with van der Waals surface area (Å²) in [5.74, 6) is -5.38. The van der Waals surface area contributed by atoms with Gasteiger partial charge in [-0.05, 0) is 92.1 Å². The zero-order chi connectivity index (χ0) is 42.1. The van der Waals surface area contributed by atoms with Crippen molar-refractivity contribution in [3.8, 4) is 11.1 Å². The maximum Gasteiger partial charge on any atom is 0.335 e. The molecule has 0 saturated carbocycles. The van der Waals surface area contributed by atoms with Crippen LogP contribution in [-0.2, 0) is 40.3 Å². The van der Waals surface area contributed by atoms with Crippen LogP contribution in [0.25, 0.3) is 22.0 Å². The number of para-hydroxylation sites is 1. The van der Waals surface area contributed by atoms with E-state index < -0.39 is 35.8 Å². The Labute approximate surface area is 339 Å². The molecule has 1 saturated heterocycles. The van der Waals surface area contributed by atoms with Gasteiger partial charge in [0.1, 0.15) is 6.54 Å². The van der Waals surface area contributed by atoms with Gasteiger partial charge in [0.05, 0.1) is 5.52 Å². The molecule has 1 aliphatic rings. The summed E-state index contributed by atoms with van der Waals surface area (Å²) >= 11 is 6.09. The lowest BCUT2D eigenvalue weighted by molar-refractivity contribution is -0.165. The van der Waals surface area contributed by atoms with Crippen molar-refractivity contribution in [2.45, 2.75) is 76.9 Å². The fraction of sp³-hybridized carbons (Fsp3) is 0.318. The van der Waals surface area contributed by atoms with Crippen molar-refractivity contribution in [3.05, 3.63) is 141 Å². The van der Waals surface area contributed by atoms with Crippen LogP contribution in [0.1, 0.15) is 43.5 Å². The van der Waals surface area contributed by atoms with E-state index in [2.05, 4.69) is 43.0 Å². The average molecular weight is 818 g/mol. The first-order valence-electron chi connectivity index (χ1n) is 18.9. The number of hydrogen-bond donors (Lipinski definition) is 4. The van der Waals surface area contributed by atoms with E-state index in [9.17, 15) is 28.0 Å². The molecule has 0 spiro atoms. The van der Waals surface area contributed by atoms with Gasteiger partial charge < -0.3 is 34.8 Å². The molecular weight excluding hydrogens is 772 g/mol. The van der Waals surface area contributed by atoms with E-state index in [-0.39, 0.29) is 42.3 Å². The number of aromatic nitrogens is 1. The summed E-state index contributed by atoms with van der Waals surface area (Å²) in [7, 11) is 0. The van der Waals surface area contributed by atoms with Crippen LogP contribution in [0.4, 0.5) is 8.78 Å². The summed E-state index contributed by atoms with van der Waals surface area (Å²) < 4.78 is 30.4. The number of amides is 1. The number of rotatable bonds is 13. The number of aliphatic hydroxyl groups is 2. The standard InChI is InChI=1S/C40H40ClF2N3O2.C4H6O6/c1-27(2)44-22-20-33(21-23-44)46(25-28-10-12-29(13-11-28)30-14-17-32(41)18-15-30)39(48)26-45-34(19-16-31-6-5-8-36(42)40(31)43)24-38(47)35-7-3-4-9-37(35)45;5-1(3(7)8)2(6)4(9)10/h3-15,17-18,24,27,33H,16,19-23,25-26H2,1-2H3;1-2,5-6H,(H,7,8)(H,9,10)/t;1-,2-/m.1/s1. The van der Waals surface area contributed by atoms with Gasteiger partial charge in [-0.3, -0.25) is 9.59 Å². The van der Waals surface area contributed by atoms with Crippen molar-refractivity contribution in [1.29, 1.82) is 0 Å². The normalized spacial score (nSPS) is 14.4. The number of hydrogen-bond acceptors (Lipinski definition) is 7. The van der Waals surface area contributed by atoms with Crippen LogP contribution in [0.5, 0.6) is 0 Å². The Hall–Kier alpha value is -5.47. The minimum atomic E-state index is -2.27. The van der Waals surface area contributed by atoms with Gasteiger partial charge in [0.15, 0.2) is 29.3 Å². The predicted octanol–water partition coefficient (Wildman–Crippen LogP) is 6.16. The molecule has 2 heterocycles. The fourth-order valence-corrected chi connectivity index (χ4v) is 7.18. The second-order valence-corrected chi connectivity index (χ2v) is 14.9. The topological polar surface area (TPSA) is 161 Å². The molecule has 58 heavy (non-hydrogen) atoms. The van der Waals surface area contributed by atoms with Crippen molar-refractivity contribution in [2.24, 2.45) is 0 Å². The Bertz CT molecular complexity index is 2260. The minimum Gasteiger partial charge on any atom is -0.479 e. The Morgan fingerprint density at radius 1 is 0.810 bits per heavy atom. The zero-order valence-corrected chi connectivity index (χ0v) is 32.9. The third-order valence-corrected chi connectivity index (χ3v) is 10.6. The highest BCUT2D eigenvalue weighted by molar-refractivity contribution is 6.30. The molecule has 1 aromatic heterocycles. The minimum absolute atomic E-state index is 0.0228. The molecule has 11 nitrogen and oxygen atoms in total. The Balaban J connectivity index is 0.000000567. The number of fused-ring (bicyclic) bond motifs is 1. The van der Waals surface area contributed by atoms with E-state index in [1.807, 2.05) is 45.9 Å². The van der Waals surface area contributed by atoms with Gasteiger partial charge in [-0.25, -0.2) is 18.4 Å². The van der Waals surface area contributed by atoms with E-state index in [1.54, 1.807) is 18.2 Å². The molecule has 0 aliphatic carbocycles. The second-order valence-electron chi connectivity index (χ2n) is 14.5. The van der Waals surface area contributed by atoms with Gasteiger partial charge in [0.2, 0.25) is 5.91 Å². The number of likely N-dealkylation sites (tertiary alicyclic amines) is 1. The lowest BCUT2D eigenvalue weighted by Crippen LogP contribution is -2.49. The Morgan fingerprint density at radius 3 is 1.98 bits per heavy atom. The molecule has 14 heteroatoms. The maximum absolute atomic E-state index is 14.6. The monoisotopic (exact) mass is 817 g/mol. The van der Waals surface area contributed by atoms with Crippen LogP contribution < -0.4 is 5.43 Å². The number of pyridine rings is 1. The first-order valence-corrected chi connectivity index (χ1v) is 19.3. The van der Waals surface area contributed by atoms with Crippen molar-refractivity contribution >= 4 is 40.3 Å². The number of nitrogens with zero attached hydrogens (tertiary/aromatic N) is 3. The molecule has 6 rings (SSSR count). The first-order chi connectivity index (χ1) is 27.6. The molecule has 0 unspecified atom stereocenters. The highest BCUT2D eigenvalue weighted by Crippen LogP contribution is 2.26. The predicted molar refractivity (Wildman–Crippen MR) is 216 cm³/mol. The van der Waals surface area contributed by atoms with Crippen LogP contribution in [-0.4, -0.2) is 90.0 Å². The van der Waals surface area contributed by atoms with E-state index >= 15 is 0 Å². The molecule has 306 valence electrons. The third kappa shape index (κ3) is 10.9. The van der Waals surface area contributed by atoms with Gasteiger partial charge in [-0.15, -0.1) is 0 Å². The number of carboxylic acids is 2. The second kappa shape index (κ2) is 19.8. The number of carbonyl (C=O) groups excluding carboxylic acids is 1. The number of piperidine rings is 1. The number of benzene rings is 4. The lowest BCUT2D eigenvalue weighted by Gasteiger charge is -2.40. The summed E-state index contributed by atoms with van der Waals surface area (Å²) in [5, 5.41) is 33.7. The molecule has 1 fully saturated rings. The van der Waals surface area contributed by atoms with Crippen molar-refractivity contribution in [3.63, 3.8) is 0 Å². The maximum atomic E-state index is 14.6. The third-order valence-electron chi connectivity index (χ3n) is 10.4. The lowest BCUT2D eigenvalue weighted by atomic mass is 9.99. The quantitative estimate of drug-likeness (QED) is 0.109. The van der Waals surface area contributed by atoms with E-state index in [0.29, 0.717) is 34.2 Å². The number of aliphatic carboxylic acids is 2. The molecule has 0 radical (unpaired) electrons. The van der Waals surface area contributed by atoms with Gasteiger partial charge in [0.25, 0.3) is 0 Å². The van der Waals surface area contributed by atoms with Crippen LogP contribution in [0.2, 0.25) is 5.02 Å². The van der Waals surface area contributed by atoms with E-state index in [4.69, 9.17) is 32.0 Å². The fourth-order valence-electron chi connectivity index (χ4n) is 7.05. The SMILES string of the molecule is CC(C)N1CCC(N(Cc2ccc(-c3ccc(Cl)cc3)cc2)C(=O)Cn2c(CCc3cccc(F)c3F)cc(=O)c3ccccc32)CC1.O=C(O)[C@H](O)[C@@H](O)C(=O)O. The zero-order valence-electron chi connectivity index (χ0n) is 32.1.